The van der Waals surface area contributed by atoms with Gasteiger partial charge in [-0.2, -0.15) is 0 Å². The van der Waals surface area contributed by atoms with Crippen molar-refractivity contribution in [2.75, 3.05) is 13.2 Å². The summed E-state index contributed by atoms with van der Waals surface area (Å²) < 4.78 is 6.25. The summed E-state index contributed by atoms with van der Waals surface area (Å²) in [6, 6.07) is 0.450. The maximum absolute atomic E-state index is 6.25. The van der Waals surface area contributed by atoms with E-state index in [2.05, 4.69) is 37.9 Å². The van der Waals surface area contributed by atoms with Crippen LogP contribution in [0.1, 0.15) is 66.2 Å². The van der Waals surface area contributed by atoms with Crippen LogP contribution < -0.4 is 5.32 Å². The lowest BCUT2D eigenvalue weighted by Gasteiger charge is -2.45. The third kappa shape index (κ3) is 4.82. The van der Waals surface area contributed by atoms with E-state index in [0.29, 0.717) is 6.04 Å². The van der Waals surface area contributed by atoms with Crippen molar-refractivity contribution in [1.82, 2.24) is 5.32 Å². The second-order valence-electron chi connectivity index (χ2n) is 5.76. The number of nitrogens with one attached hydrogen (secondary N) is 1. The molecule has 1 fully saturated rings. The van der Waals surface area contributed by atoms with Crippen LogP contribution in [0.15, 0.2) is 0 Å². The zero-order valence-corrected chi connectivity index (χ0v) is 13.2. The van der Waals surface area contributed by atoms with Gasteiger partial charge in [-0.25, -0.2) is 0 Å². The minimum atomic E-state index is 0.0483. The molecule has 1 rings (SSSR count). The van der Waals surface area contributed by atoms with Crippen molar-refractivity contribution < 1.29 is 4.74 Å². The highest BCUT2D eigenvalue weighted by atomic mass is 16.5. The highest BCUT2D eigenvalue weighted by Gasteiger charge is 2.41. The quantitative estimate of drug-likeness (QED) is 0.708. The largest absolute Gasteiger partial charge is 0.374 e. The number of hydrogen-bond donors (Lipinski definition) is 1. The molecule has 1 aliphatic rings. The molecular formula is C17H31NO. The van der Waals surface area contributed by atoms with Crippen LogP contribution in [0.4, 0.5) is 0 Å². The molecular weight excluding hydrogens is 234 g/mol. The van der Waals surface area contributed by atoms with Crippen LogP contribution >= 0.6 is 0 Å². The summed E-state index contributed by atoms with van der Waals surface area (Å²) in [4.78, 5) is 0. The fourth-order valence-corrected chi connectivity index (χ4v) is 3.27. The van der Waals surface area contributed by atoms with E-state index in [-0.39, 0.29) is 5.60 Å². The first-order valence-corrected chi connectivity index (χ1v) is 7.95. The molecule has 1 unspecified atom stereocenters. The molecule has 1 aliphatic carbocycles. The van der Waals surface area contributed by atoms with Gasteiger partial charge >= 0.3 is 0 Å². The molecule has 0 spiro atoms. The van der Waals surface area contributed by atoms with E-state index in [1.165, 1.54) is 25.7 Å². The van der Waals surface area contributed by atoms with Crippen molar-refractivity contribution in [3.8, 4) is 11.8 Å². The standard InChI is InChI=1S/C17H31NO/c1-5-8-9-10-16(18-6-2)17(19-7-3)13-11-15(4)12-14-17/h15-16,18H,6-7,9-14H2,1-4H3. The Bertz CT molecular complexity index is 294. The molecule has 0 aromatic heterocycles. The van der Waals surface area contributed by atoms with Crippen molar-refractivity contribution in [2.24, 2.45) is 5.92 Å². The molecule has 0 aromatic carbocycles. The molecule has 2 nitrogen and oxygen atoms in total. The van der Waals surface area contributed by atoms with Gasteiger partial charge < -0.3 is 10.1 Å². The first kappa shape index (κ1) is 16.5. The maximum Gasteiger partial charge on any atom is 0.0835 e. The fourth-order valence-electron chi connectivity index (χ4n) is 3.27. The second kappa shape index (κ2) is 8.61. The van der Waals surface area contributed by atoms with Crippen molar-refractivity contribution >= 4 is 0 Å². The first-order valence-electron chi connectivity index (χ1n) is 7.95. The number of hydrogen-bond acceptors (Lipinski definition) is 2. The minimum Gasteiger partial charge on any atom is -0.374 e. The first-order chi connectivity index (χ1) is 9.18. The molecule has 0 aliphatic heterocycles. The lowest BCUT2D eigenvalue weighted by molar-refractivity contribution is -0.0971. The highest BCUT2D eigenvalue weighted by molar-refractivity contribution is 5.01. The van der Waals surface area contributed by atoms with Crippen molar-refractivity contribution in [1.29, 1.82) is 0 Å². The summed E-state index contributed by atoms with van der Waals surface area (Å²) in [7, 11) is 0. The van der Waals surface area contributed by atoms with Gasteiger partial charge in [-0.1, -0.05) is 13.8 Å². The Morgan fingerprint density at radius 2 is 2.00 bits per heavy atom. The summed E-state index contributed by atoms with van der Waals surface area (Å²) in [5.41, 5.74) is 0.0483. The summed E-state index contributed by atoms with van der Waals surface area (Å²) >= 11 is 0. The van der Waals surface area contributed by atoms with Gasteiger partial charge in [0, 0.05) is 19.1 Å². The van der Waals surface area contributed by atoms with Crippen LogP contribution in [0.2, 0.25) is 0 Å². The molecule has 0 aromatic rings. The average Bonchev–Trinajstić information content (AvgIpc) is 2.41. The summed E-state index contributed by atoms with van der Waals surface area (Å²) in [5, 5.41) is 3.66. The van der Waals surface area contributed by atoms with E-state index in [9.17, 15) is 0 Å². The highest BCUT2D eigenvalue weighted by Crippen LogP contribution is 2.38. The van der Waals surface area contributed by atoms with E-state index >= 15 is 0 Å². The van der Waals surface area contributed by atoms with Gasteiger partial charge in [0.1, 0.15) is 0 Å². The Balaban J connectivity index is 2.74. The zero-order valence-electron chi connectivity index (χ0n) is 13.2. The molecule has 0 saturated heterocycles. The maximum atomic E-state index is 6.25. The third-order valence-electron chi connectivity index (χ3n) is 4.37. The molecule has 1 saturated carbocycles. The van der Waals surface area contributed by atoms with E-state index in [1.54, 1.807) is 0 Å². The predicted octanol–water partition coefficient (Wildman–Crippen LogP) is 3.75. The fraction of sp³-hybridized carbons (Fsp3) is 0.882. The lowest BCUT2D eigenvalue weighted by Crippen LogP contribution is -2.54. The van der Waals surface area contributed by atoms with E-state index in [1.807, 2.05) is 6.92 Å². The Kier molecular flexibility index (Phi) is 7.49. The van der Waals surface area contributed by atoms with E-state index in [0.717, 1.165) is 31.9 Å². The molecule has 1 atom stereocenters. The molecule has 0 bridgehead atoms. The Morgan fingerprint density at radius 3 is 2.53 bits per heavy atom. The molecule has 19 heavy (non-hydrogen) atoms. The summed E-state index contributed by atoms with van der Waals surface area (Å²) in [5.74, 6) is 7.05. The smallest absolute Gasteiger partial charge is 0.0835 e. The van der Waals surface area contributed by atoms with Gasteiger partial charge in [0.25, 0.3) is 0 Å². The Hall–Kier alpha value is -0.520. The summed E-state index contributed by atoms with van der Waals surface area (Å²) in [6.07, 6.45) is 7.04. The number of ether oxygens (including phenoxy) is 1. The molecule has 0 radical (unpaired) electrons. The third-order valence-corrected chi connectivity index (χ3v) is 4.37. The predicted molar refractivity (Wildman–Crippen MR) is 82.1 cm³/mol. The van der Waals surface area contributed by atoms with Gasteiger partial charge in [0.2, 0.25) is 0 Å². The van der Waals surface area contributed by atoms with Gasteiger partial charge in [0.15, 0.2) is 0 Å². The molecule has 0 heterocycles. The SMILES string of the molecule is CC#CCCC(NCC)C1(OCC)CCC(C)CC1. The molecule has 2 heteroatoms. The second-order valence-corrected chi connectivity index (χ2v) is 5.76. The Labute approximate surface area is 119 Å². The topological polar surface area (TPSA) is 21.3 Å². The Morgan fingerprint density at radius 1 is 1.32 bits per heavy atom. The van der Waals surface area contributed by atoms with Crippen molar-refractivity contribution in [3.05, 3.63) is 0 Å². The van der Waals surface area contributed by atoms with Gasteiger partial charge in [-0.05, 0) is 58.4 Å². The van der Waals surface area contributed by atoms with Crippen molar-refractivity contribution in [2.45, 2.75) is 77.9 Å². The zero-order chi connectivity index (χ0) is 14.1. The normalized spacial score (nSPS) is 28.5. The van der Waals surface area contributed by atoms with Crippen LogP contribution in [-0.4, -0.2) is 24.8 Å². The minimum absolute atomic E-state index is 0.0483. The van der Waals surface area contributed by atoms with E-state index in [4.69, 9.17) is 4.74 Å². The van der Waals surface area contributed by atoms with Gasteiger partial charge in [-0.3, -0.25) is 0 Å². The lowest BCUT2D eigenvalue weighted by atomic mass is 9.74. The van der Waals surface area contributed by atoms with Crippen LogP contribution in [0.3, 0.4) is 0 Å². The summed E-state index contributed by atoms with van der Waals surface area (Å²) in [6.45, 7) is 10.4. The van der Waals surface area contributed by atoms with Crippen LogP contribution in [-0.2, 0) is 4.74 Å². The van der Waals surface area contributed by atoms with Crippen LogP contribution in [0.5, 0.6) is 0 Å². The van der Waals surface area contributed by atoms with Gasteiger partial charge in [0.05, 0.1) is 5.60 Å². The molecule has 110 valence electrons. The molecule has 1 N–H and O–H groups in total. The van der Waals surface area contributed by atoms with Crippen LogP contribution in [0, 0.1) is 17.8 Å². The molecule has 0 amide bonds. The number of rotatable bonds is 7. The monoisotopic (exact) mass is 265 g/mol. The average molecular weight is 265 g/mol. The van der Waals surface area contributed by atoms with Crippen LogP contribution in [0.25, 0.3) is 0 Å². The number of likely N-dealkylation sites (N-methyl/N-ethyl adjacent to an activating group) is 1. The van der Waals surface area contributed by atoms with Crippen molar-refractivity contribution in [3.63, 3.8) is 0 Å². The van der Waals surface area contributed by atoms with Gasteiger partial charge in [-0.15, -0.1) is 11.8 Å². The van der Waals surface area contributed by atoms with E-state index < -0.39 is 0 Å².